The Balaban J connectivity index is 0.00000180. The van der Waals surface area contributed by atoms with E-state index in [0.29, 0.717) is 16.5 Å². The summed E-state index contributed by atoms with van der Waals surface area (Å²) in [5, 5.41) is 0.621. The molecule has 1 aliphatic heterocycles. The Morgan fingerprint density at radius 1 is 1.37 bits per heavy atom. The SMILES string of the molecule is Cc1cc(Cl)cc(C(=O)N2CCC(CN)CC2)c1.Cl. The molecule has 0 atom stereocenters. The molecule has 1 heterocycles. The smallest absolute Gasteiger partial charge is 0.253 e. The van der Waals surface area contributed by atoms with Gasteiger partial charge in [-0.25, -0.2) is 0 Å². The molecule has 0 aliphatic carbocycles. The molecule has 3 nitrogen and oxygen atoms in total. The van der Waals surface area contributed by atoms with E-state index in [0.717, 1.165) is 38.0 Å². The van der Waals surface area contributed by atoms with Crippen molar-refractivity contribution in [2.45, 2.75) is 19.8 Å². The Morgan fingerprint density at radius 3 is 2.53 bits per heavy atom. The second-order valence-corrected chi connectivity index (χ2v) is 5.42. The Kier molecular flexibility index (Phi) is 6.11. The molecule has 1 fully saturated rings. The number of amides is 1. The van der Waals surface area contributed by atoms with Crippen LogP contribution in [-0.2, 0) is 0 Å². The van der Waals surface area contributed by atoms with Crippen molar-refractivity contribution in [1.29, 1.82) is 0 Å². The Morgan fingerprint density at radius 2 is 2.00 bits per heavy atom. The minimum absolute atomic E-state index is 0. The topological polar surface area (TPSA) is 46.3 Å². The maximum absolute atomic E-state index is 12.3. The highest BCUT2D eigenvalue weighted by atomic mass is 35.5. The molecule has 0 unspecified atom stereocenters. The Bertz CT molecular complexity index is 423. The Labute approximate surface area is 125 Å². The van der Waals surface area contributed by atoms with Crippen LogP contribution in [0.5, 0.6) is 0 Å². The highest BCUT2D eigenvalue weighted by Crippen LogP contribution is 2.20. The van der Waals surface area contributed by atoms with E-state index in [-0.39, 0.29) is 18.3 Å². The number of carbonyl (C=O) groups excluding carboxylic acids is 1. The summed E-state index contributed by atoms with van der Waals surface area (Å²) in [4.78, 5) is 14.2. The fourth-order valence-electron chi connectivity index (χ4n) is 2.41. The predicted molar refractivity (Wildman–Crippen MR) is 81.1 cm³/mol. The van der Waals surface area contributed by atoms with Gasteiger partial charge in [0.05, 0.1) is 0 Å². The van der Waals surface area contributed by atoms with E-state index >= 15 is 0 Å². The number of hydrogen-bond donors (Lipinski definition) is 1. The summed E-state index contributed by atoms with van der Waals surface area (Å²) in [5.41, 5.74) is 7.36. The quantitative estimate of drug-likeness (QED) is 0.913. The van der Waals surface area contributed by atoms with Crippen molar-refractivity contribution in [2.75, 3.05) is 19.6 Å². The van der Waals surface area contributed by atoms with Gasteiger partial charge >= 0.3 is 0 Å². The van der Waals surface area contributed by atoms with Crippen molar-refractivity contribution in [3.8, 4) is 0 Å². The van der Waals surface area contributed by atoms with Gasteiger partial charge in [0.1, 0.15) is 0 Å². The van der Waals surface area contributed by atoms with Crippen molar-refractivity contribution in [1.82, 2.24) is 4.90 Å². The number of piperidine rings is 1. The third kappa shape index (κ3) is 4.10. The van der Waals surface area contributed by atoms with Crippen LogP contribution in [0.2, 0.25) is 5.02 Å². The molecule has 106 valence electrons. The summed E-state index contributed by atoms with van der Waals surface area (Å²) >= 11 is 5.99. The zero-order valence-corrected chi connectivity index (χ0v) is 12.6. The Hall–Kier alpha value is -0.770. The van der Waals surface area contributed by atoms with Crippen LogP contribution < -0.4 is 5.73 Å². The lowest BCUT2D eigenvalue weighted by atomic mass is 9.96. The van der Waals surface area contributed by atoms with Crippen molar-refractivity contribution in [2.24, 2.45) is 11.7 Å². The van der Waals surface area contributed by atoms with Crippen LogP contribution in [0, 0.1) is 12.8 Å². The van der Waals surface area contributed by atoms with Crippen LogP contribution in [0.15, 0.2) is 18.2 Å². The number of hydrogen-bond acceptors (Lipinski definition) is 2. The molecular weight excluding hydrogens is 283 g/mol. The van der Waals surface area contributed by atoms with Crippen molar-refractivity contribution < 1.29 is 4.79 Å². The van der Waals surface area contributed by atoms with Crippen LogP contribution in [0.4, 0.5) is 0 Å². The summed E-state index contributed by atoms with van der Waals surface area (Å²) in [6.45, 7) is 4.26. The average molecular weight is 303 g/mol. The molecule has 0 spiro atoms. The number of rotatable bonds is 2. The molecule has 1 aromatic rings. The molecular formula is C14H20Cl2N2O. The predicted octanol–water partition coefficient (Wildman–Crippen LogP) is 2.88. The molecule has 1 amide bonds. The second kappa shape index (κ2) is 7.13. The molecule has 2 N–H and O–H groups in total. The van der Waals surface area contributed by atoms with Gasteiger partial charge in [0, 0.05) is 23.7 Å². The van der Waals surface area contributed by atoms with E-state index in [9.17, 15) is 4.79 Å². The maximum atomic E-state index is 12.3. The number of nitrogens with two attached hydrogens (primary N) is 1. The van der Waals surface area contributed by atoms with Crippen molar-refractivity contribution >= 4 is 29.9 Å². The van der Waals surface area contributed by atoms with Gasteiger partial charge in [-0.2, -0.15) is 0 Å². The summed E-state index contributed by atoms with van der Waals surface area (Å²) in [6.07, 6.45) is 2.00. The lowest BCUT2D eigenvalue weighted by molar-refractivity contribution is 0.0693. The summed E-state index contributed by atoms with van der Waals surface area (Å²) < 4.78 is 0. The highest BCUT2D eigenvalue weighted by Gasteiger charge is 2.23. The molecule has 5 heteroatoms. The van der Waals surface area contributed by atoms with Crippen molar-refractivity contribution in [3.05, 3.63) is 34.3 Å². The van der Waals surface area contributed by atoms with Gasteiger partial charge < -0.3 is 10.6 Å². The number of benzene rings is 1. The number of halogens is 2. The molecule has 0 radical (unpaired) electrons. The van der Waals surface area contributed by atoms with E-state index in [4.69, 9.17) is 17.3 Å². The molecule has 0 bridgehead atoms. The van der Waals surface area contributed by atoms with Crippen molar-refractivity contribution in [3.63, 3.8) is 0 Å². The van der Waals surface area contributed by atoms with E-state index in [1.807, 2.05) is 24.0 Å². The zero-order valence-electron chi connectivity index (χ0n) is 11.1. The van der Waals surface area contributed by atoms with Gasteiger partial charge in [-0.15, -0.1) is 12.4 Å². The molecule has 0 aromatic heterocycles. The zero-order chi connectivity index (χ0) is 13.1. The molecule has 1 aliphatic rings. The minimum Gasteiger partial charge on any atom is -0.339 e. The number of likely N-dealkylation sites (tertiary alicyclic amines) is 1. The first kappa shape index (κ1) is 16.3. The van der Waals surface area contributed by atoms with Gasteiger partial charge in [0.2, 0.25) is 0 Å². The van der Waals surface area contributed by atoms with Crippen LogP contribution in [0.1, 0.15) is 28.8 Å². The van der Waals surface area contributed by atoms with E-state index in [1.54, 1.807) is 6.07 Å². The molecule has 1 saturated heterocycles. The molecule has 19 heavy (non-hydrogen) atoms. The standard InChI is InChI=1S/C14H19ClN2O.ClH/c1-10-6-12(8-13(15)7-10)14(18)17-4-2-11(9-16)3-5-17;/h6-8,11H,2-5,9,16H2,1H3;1H. The van der Waals surface area contributed by atoms with Gasteiger partial charge in [-0.1, -0.05) is 11.6 Å². The average Bonchev–Trinajstić information content (AvgIpc) is 2.37. The maximum Gasteiger partial charge on any atom is 0.253 e. The highest BCUT2D eigenvalue weighted by molar-refractivity contribution is 6.31. The molecule has 1 aromatic carbocycles. The van der Waals surface area contributed by atoms with Crippen LogP contribution in [0.3, 0.4) is 0 Å². The van der Waals surface area contributed by atoms with E-state index < -0.39 is 0 Å². The van der Waals surface area contributed by atoms with E-state index in [2.05, 4.69) is 0 Å². The van der Waals surface area contributed by atoms with Gasteiger partial charge in [-0.05, 0) is 56.0 Å². The van der Waals surface area contributed by atoms with Gasteiger partial charge in [-0.3, -0.25) is 4.79 Å². The van der Waals surface area contributed by atoms with Crippen LogP contribution >= 0.6 is 24.0 Å². The summed E-state index contributed by atoms with van der Waals surface area (Å²) in [6, 6.07) is 5.49. The fourth-order valence-corrected chi connectivity index (χ4v) is 2.70. The third-order valence-corrected chi connectivity index (χ3v) is 3.74. The first-order valence-electron chi connectivity index (χ1n) is 6.36. The largest absolute Gasteiger partial charge is 0.339 e. The van der Waals surface area contributed by atoms with E-state index in [1.165, 1.54) is 0 Å². The molecule has 0 saturated carbocycles. The third-order valence-electron chi connectivity index (χ3n) is 3.52. The number of aryl methyl sites for hydroxylation is 1. The normalized spacial score (nSPS) is 16.1. The fraction of sp³-hybridized carbons (Fsp3) is 0.500. The van der Waals surface area contributed by atoms with Gasteiger partial charge in [0.15, 0.2) is 0 Å². The molecule has 2 rings (SSSR count). The van der Waals surface area contributed by atoms with Crippen LogP contribution in [-0.4, -0.2) is 30.4 Å². The first-order valence-corrected chi connectivity index (χ1v) is 6.74. The minimum atomic E-state index is 0. The first-order chi connectivity index (χ1) is 8.60. The van der Waals surface area contributed by atoms with Gasteiger partial charge in [0.25, 0.3) is 5.91 Å². The van der Waals surface area contributed by atoms with Crippen LogP contribution in [0.25, 0.3) is 0 Å². The number of nitrogens with zero attached hydrogens (tertiary/aromatic N) is 1. The summed E-state index contributed by atoms with van der Waals surface area (Å²) in [5.74, 6) is 0.645. The lowest BCUT2D eigenvalue weighted by Crippen LogP contribution is -2.40. The monoisotopic (exact) mass is 302 g/mol. The number of carbonyl (C=O) groups is 1. The summed E-state index contributed by atoms with van der Waals surface area (Å²) in [7, 11) is 0. The lowest BCUT2D eigenvalue weighted by Gasteiger charge is -2.31. The second-order valence-electron chi connectivity index (χ2n) is 4.99.